The van der Waals surface area contributed by atoms with Crippen LogP contribution in [-0.2, 0) is 4.79 Å². The van der Waals surface area contributed by atoms with Crippen molar-refractivity contribution >= 4 is 68.5 Å². The molecule has 2 aliphatic carbocycles. The Bertz CT molecular complexity index is 1690. The van der Waals surface area contributed by atoms with E-state index in [1.54, 1.807) is 7.05 Å². The molecule has 3 atom stereocenters. The first-order valence-corrected chi connectivity index (χ1v) is 17.6. The van der Waals surface area contributed by atoms with Crippen molar-refractivity contribution in [1.29, 1.82) is 5.41 Å². The lowest BCUT2D eigenvalue weighted by atomic mass is 9.74. The summed E-state index contributed by atoms with van der Waals surface area (Å²) in [6, 6.07) is 20.0. The predicted octanol–water partition coefficient (Wildman–Crippen LogP) is 9.27. The first-order chi connectivity index (χ1) is 22.3. The monoisotopic (exact) mass is 656 g/mol. The molecule has 46 heavy (non-hydrogen) atoms. The Hall–Kier alpha value is -3.42. The third kappa shape index (κ3) is 6.28. The molecule has 4 aromatic rings. The highest BCUT2D eigenvalue weighted by Gasteiger charge is 2.49. The molecule has 2 N–H and O–H groups in total. The molecule has 240 valence electrons. The maximum atomic E-state index is 13.8. The first-order valence-electron chi connectivity index (χ1n) is 16.8. The van der Waals surface area contributed by atoms with E-state index in [2.05, 4.69) is 34.5 Å². The van der Waals surface area contributed by atoms with E-state index < -0.39 is 5.54 Å². The third-order valence-electron chi connectivity index (χ3n) is 10.6. The molecule has 0 unspecified atom stereocenters. The van der Waals surface area contributed by atoms with Crippen molar-refractivity contribution in [3.8, 4) is 0 Å². The Morgan fingerprint density at radius 3 is 2.04 bits per heavy atom. The third-order valence-corrected chi connectivity index (χ3v) is 11.1. The number of amides is 1. The molecule has 7 rings (SSSR count). The van der Waals surface area contributed by atoms with Crippen LogP contribution in [0.4, 0.5) is 11.6 Å². The van der Waals surface area contributed by atoms with E-state index in [4.69, 9.17) is 38.6 Å². The normalized spacial score (nSPS) is 24.1. The number of benzene rings is 2. The summed E-state index contributed by atoms with van der Waals surface area (Å²) in [6.45, 7) is 0. The van der Waals surface area contributed by atoms with E-state index in [0.717, 1.165) is 78.4 Å². The summed E-state index contributed by atoms with van der Waals surface area (Å²) < 4.78 is 0. The zero-order valence-electron chi connectivity index (χ0n) is 26.4. The summed E-state index contributed by atoms with van der Waals surface area (Å²) in [5.41, 5.74) is 1.06. The van der Waals surface area contributed by atoms with Gasteiger partial charge in [-0.2, -0.15) is 0 Å². The number of likely N-dealkylation sites (N-methyl/N-ethyl adjacent to an activating group) is 1. The summed E-state index contributed by atoms with van der Waals surface area (Å²) in [7, 11) is 1.74. The van der Waals surface area contributed by atoms with Crippen LogP contribution >= 0.6 is 23.2 Å². The lowest BCUT2D eigenvalue weighted by molar-refractivity contribution is -0.131. The van der Waals surface area contributed by atoms with E-state index >= 15 is 0 Å². The van der Waals surface area contributed by atoms with Crippen LogP contribution in [0.25, 0.3) is 21.8 Å². The van der Waals surface area contributed by atoms with E-state index in [-0.39, 0.29) is 17.9 Å². The molecule has 0 spiro atoms. The Morgan fingerprint density at radius 1 is 0.848 bits per heavy atom. The number of hydrogen-bond donors (Lipinski definition) is 2. The molecule has 1 amide bonds. The number of carbonyl (C=O) groups excluding carboxylic acids is 1. The van der Waals surface area contributed by atoms with Gasteiger partial charge in [0.05, 0.1) is 11.0 Å². The molecule has 9 heteroatoms. The molecule has 7 nitrogen and oxygen atoms in total. The van der Waals surface area contributed by atoms with Crippen molar-refractivity contribution in [3.63, 3.8) is 0 Å². The number of pyridine rings is 2. The fourth-order valence-corrected chi connectivity index (χ4v) is 8.59. The number of guanidine groups is 1. The van der Waals surface area contributed by atoms with Gasteiger partial charge in [-0.25, -0.2) is 9.97 Å². The van der Waals surface area contributed by atoms with Crippen LogP contribution < -0.4 is 10.2 Å². The van der Waals surface area contributed by atoms with Crippen LogP contribution in [-0.4, -0.2) is 45.4 Å². The maximum Gasteiger partial charge on any atom is 0.254 e. The molecule has 3 heterocycles. The Balaban J connectivity index is 1.20. The first kappa shape index (κ1) is 31.2. The van der Waals surface area contributed by atoms with Crippen LogP contribution in [0.15, 0.2) is 60.7 Å². The van der Waals surface area contributed by atoms with Gasteiger partial charge in [-0.1, -0.05) is 68.1 Å². The molecule has 1 saturated heterocycles. The molecular weight excluding hydrogens is 615 g/mol. The molecule has 3 fully saturated rings. The summed E-state index contributed by atoms with van der Waals surface area (Å²) in [5, 5.41) is 15.3. The van der Waals surface area contributed by atoms with E-state index in [1.165, 1.54) is 37.0 Å². The van der Waals surface area contributed by atoms with Gasteiger partial charge in [-0.15, -0.1) is 0 Å². The number of carbonyl (C=O) groups is 1. The average molecular weight is 658 g/mol. The van der Waals surface area contributed by atoms with Gasteiger partial charge in [0.25, 0.3) is 5.91 Å². The number of nitrogens with zero attached hydrogens (tertiary/aromatic N) is 4. The second kappa shape index (κ2) is 13.0. The number of hydrogen-bond acceptors (Lipinski definition) is 5. The second-order valence-corrected chi connectivity index (χ2v) is 14.6. The molecule has 2 saturated carbocycles. The van der Waals surface area contributed by atoms with Crippen LogP contribution in [0.3, 0.4) is 0 Å². The minimum absolute atomic E-state index is 0.0528. The fraction of sp³-hybridized carbons (Fsp3) is 0.459. The fourth-order valence-electron chi connectivity index (χ4n) is 8.23. The Morgan fingerprint density at radius 2 is 1.46 bits per heavy atom. The van der Waals surface area contributed by atoms with E-state index in [9.17, 15) is 4.79 Å². The number of fused-ring (bicyclic) bond motifs is 2. The number of nitrogens with one attached hydrogen (secondary N) is 2. The highest BCUT2D eigenvalue weighted by atomic mass is 35.5. The molecule has 1 aliphatic heterocycles. The second-order valence-electron chi connectivity index (χ2n) is 13.7. The smallest absolute Gasteiger partial charge is 0.254 e. The largest absolute Gasteiger partial charge is 0.342 e. The van der Waals surface area contributed by atoms with Gasteiger partial charge < -0.3 is 10.2 Å². The van der Waals surface area contributed by atoms with Gasteiger partial charge in [0.2, 0.25) is 0 Å². The SMILES string of the molecule is CN1C(=N)N[C@](CCC2CCCCC2)(C[C@H]2CCC[C@@H](N(c3ccc4cc(Cl)ccc4n3)c3ccc4cc(Cl)ccc4n3)C2)C1=O. The van der Waals surface area contributed by atoms with Gasteiger partial charge >= 0.3 is 0 Å². The Kier molecular flexibility index (Phi) is 8.81. The van der Waals surface area contributed by atoms with Gasteiger partial charge in [0.15, 0.2) is 5.96 Å². The molecule has 0 radical (unpaired) electrons. The minimum Gasteiger partial charge on any atom is -0.342 e. The minimum atomic E-state index is -0.707. The molecule has 2 aromatic carbocycles. The topological polar surface area (TPSA) is 85.2 Å². The van der Waals surface area contributed by atoms with Crippen LogP contribution in [0.5, 0.6) is 0 Å². The molecule has 2 aromatic heterocycles. The van der Waals surface area contributed by atoms with Crippen molar-refractivity contribution in [2.45, 2.75) is 88.6 Å². The number of halogens is 2. The lowest BCUT2D eigenvalue weighted by Crippen LogP contribution is -2.50. The summed E-state index contributed by atoms with van der Waals surface area (Å²) >= 11 is 12.6. The van der Waals surface area contributed by atoms with E-state index in [1.807, 2.05) is 36.4 Å². The number of anilines is 2. The maximum absolute atomic E-state index is 13.8. The van der Waals surface area contributed by atoms with Crippen molar-refractivity contribution in [2.24, 2.45) is 11.8 Å². The van der Waals surface area contributed by atoms with Gasteiger partial charge in [-0.05, 0) is 105 Å². The zero-order valence-corrected chi connectivity index (χ0v) is 28.0. The average Bonchev–Trinajstić information content (AvgIpc) is 3.27. The van der Waals surface area contributed by atoms with Crippen molar-refractivity contribution < 1.29 is 4.79 Å². The number of rotatable bonds is 8. The quantitative estimate of drug-likeness (QED) is 0.197. The molecule has 3 aliphatic rings. The lowest BCUT2D eigenvalue weighted by Gasteiger charge is -2.40. The highest BCUT2D eigenvalue weighted by Crippen LogP contribution is 2.42. The zero-order chi connectivity index (χ0) is 31.8. The predicted molar refractivity (Wildman–Crippen MR) is 188 cm³/mol. The summed E-state index contributed by atoms with van der Waals surface area (Å²) in [4.78, 5) is 27.9. The summed E-state index contributed by atoms with van der Waals surface area (Å²) in [6.07, 6.45) is 13.0. The molecular formula is C37H42Cl2N6O. The molecule has 0 bridgehead atoms. The van der Waals surface area contributed by atoms with Crippen molar-refractivity contribution in [1.82, 2.24) is 20.2 Å². The Labute approximate surface area is 281 Å². The highest BCUT2D eigenvalue weighted by molar-refractivity contribution is 6.31. The van der Waals surface area contributed by atoms with Crippen LogP contribution in [0, 0.1) is 17.2 Å². The van der Waals surface area contributed by atoms with Gasteiger partial charge in [0, 0.05) is 33.9 Å². The van der Waals surface area contributed by atoms with Crippen molar-refractivity contribution in [3.05, 3.63) is 70.7 Å². The summed E-state index contributed by atoms with van der Waals surface area (Å²) in [5.74, 6) is 2.98. The van der Waals surface area contributed by atoms with Gasteiger partial charge in [-0.3, -0.25) is 15.1 Å². The van der Waals surface area contributed by atoms with Gasteiger partial charge in [0.1, 0.15) is 17.2 Å². The van der Waals surface area contributed by atoms with Crippen LogP contribution in [0.1, 0.15) is 77.0 Å². The number of aromatic nitrogens is 2. The standard InChI is InChI=1S/C37H42Cl2N6O/c1-44-35(46)37(43-36(44)40,19-18-24-6-3-2-4-7-24)23-25-8-5-9-30(20-25)45(33-16-10-26-21-28(38)12-14-31(26)41-33)34-17-11-27-22-29(39)13-15-32(27)42-34/h10-17,21-22,24-25,30H,2-9,18-20,23H2,1H3,(H2,40,43)/t25-,30+,37+/m0/s1. The van der Waals surface area contributed by atoms with Crippen LogP contribution in [0.2, 0.25) is 10.0 Å². The van der Waals surface area contributed by atoms with Crippen molar-refractivity contribution in [2.75, 3.05) is 11.9 Å². The van der Waals surface area contributed by atoms with E-state index in [0.29, 0.717) is 21.9 Å².